The van der Waals surface area contributed by atoms with Gasteiger partial charge in [-0.05, 0) is 0 Å². The third-order valence-electron chi connectivity index (χ3n) is 2.24. The number of nitrogens with zero attached hydrogens (tertiary/aromatic N) is 1. The Balaban J connectivity index is 4.21. The topological polar surface area (TPSA) is 74.0 Å². The van der Waals surface area contributed by atoms with Gasteiger partial charge >= 0.3 is 7.67 Å². The molecule has 0 heterocycles. The monoisotopic (exact) mass is 322 g/mol. The fourth-order valence-electron chi connectivity index (χ4n) is 1.28. The molecule has 110 valence electrons. The van der Waals surface area contributed by atoms with Crippen molar-refractivity contribution < 1.29 is 18.6 Å². The zero-order valence-corrected chi connectivity index (χ0v) is 13.1. The van der Waals surface area contributed by atoms with Crippen LogP contribution in [0.2, 0.25) is 0 Å². The number of ether oxygens (including phenoxy) is 2. The van der Waals surface area contributed by atoms with Crippen molar-refractivity contribution in [2.75, 3.05) is 45.7 Å². The van der Waals surface area contributed by atoms with Crippen LogP contribution in [0.3, 0.4) is 0 Å². The van der Waals surface area contributed by atoms with Crippen molar-refractivity contribution in [2.24, 2.45) is 5.50 Å². The zero-order valence-electron chi connectivity index (χ0n) is 10.7. The van der Waals surface area contributed by atoms with Gasteiger partial charge in [0.25, 0.3) is 0 Å². The minimum absolute atomic E-state index is 0.168. The summed E-state index contributed by atoms with van der Waals surface area (Å²) in [7, 11) is -0.325. The van der Waals surface area contributed by atoms with E-state index in [-0.39, 0.29) is 6.61 Å². The van der Waals surface area contributed by atoms with Gasteiger partial charge in [0.1, 0.15) is 0 Å². The van der Waals surface area contributed by atoms with E-state index in [1.807, 2.05) is 0 Å². The van der Waals surface area contributed by atoms with Crippen LogP contribution in [0.15, 0.2) is 0 Å². The van der Waals surface area contributed by atoms with Crippen molar-refractivity contribution in [3.05, 3.63) is 0 Å². The Bertz CT molecular complexity index is 251. The fourth-order valence-corrected chi connectivity index (χ4v) is 3.21. The summed E-state index contributed by atoms with van der Waals surface area (Å²) in [5.41, 5.74) is 5.66. The average Bonchev–Trinajstić information content (AvgIpc) is 2.34. The molecule has 0 bridgehead atoms. The van der Waals surface area contributed by atoms with Gasteiger partial charge in [0, 0.05) is 45.5 Å². The van der Waals surface area contributed by atoms with Crippen LogP contribution in [0.4, 0.5) is 0 Å². The number of alkyl halides is 2. The molecule has 0 saturated heterocycles. The lowest BCUT2D eigenvalue weighted by Crippen LogP contribution is -2.30. The smallest absolute Gasteiger partial charge is 0.340 e. The summed E-state index contributed by atoms with van der Waals surface area (Å²) >= 11 is 11.2. The van der Waals surface area contributed by atoms with E-state index < -0.39 is 14.0 Å². The van der Waals surface area contributed by atoms with E-state index in [4.69, 9.17) is 42.7 Å². The lowest BCUT2D eigenvalue weighted by molar-refractivity contribution is -0.110. The molecule has 0 aromatic heterocycles. The molecule has 0 radical (unpaired) electrons. The summed E-state index contributed by atoms with van der Waals surface area (Å²) in [5.74, 6) is 0.612. The maximum atomic E-state index is 12.1. The second-order valence-electron chi connectivity index (χ2n) is 3.42. The van der Waals surface area contributed by atoms with E-state index in [0.29, 0.717) is 31.3 Å². The van der Waals surface area contributed by atoms with Crippen molar-refractivity contribution in [2.45, 2.75) is 12.7 Å². The minimum Gasteiger partial charge on any atom is -0.356 e. The van der Waals surface area contributed by atoms with Gasteiger partial charge in [0.05, 0.1) is 6.61 Å². The highest BCUT2D eigenvalue weighted by atomic mass is 35.5. The first-order chi connectivity index (χ1) is 8.51. The van der Waals surface area contributed by atoms with Crippen molar-refractivity contribution in [1.82, 2.24) is 4.67 Å². The van der Waals surface area contributed by atoms with Crippen molar-refractivity contribution in [1.29, 1.82) is 0 Å². The summed E-state index contributed by atoms with van der Waals surface area (Å²) in [6.45, 7) is 0.890. The molecule has 0 fully saturated rings. The summed E-state index contributed by atoms with van der Waals surface area (Å²) in [6.07, 6.45) is 0.0311. The molecule has 2 N–H and O–H groups in total. The van der Waals surface area contributed by atoms with Crippen molar-refractivity contribution in [3.8, 4) is 0 Å². The molecule has 0 saturated carbocycles. The van der Waals surface area contributed by atoms with Gasteiger partial charge < -0.3 is 14.0 Å². The minimum atomic E-state index is -3.36. The second-order valence-corrected chi connectivity index (χ2v) is 6.13. The van der Waals surface area contributed by atoms with Crippen LogP contribution in [-0.4, -0.2) is 56.6 Å². The molecule has 0 aromatic carbocycles. The summed E-state index contributed by atoms with van der Waals surface area (Å²) in [5, 5.41) is 0. The molecule has 1 atom stereocenters. The van der Waals surface area contributed by atoms with E-state index in [1.165, 1.54) is 18.9 Å². The van der Waals surface area contributed by atoms with Gasteiger partial charge in [0.2, 0.25) is 0 Å². The molecule has 1 unspecified atom stereocenters. The van der Waals surface area contributed by atoms with Gasteiger partial charge in [-0.2, -0.15) is 0 Å². The van der Waals surface area contributed by atoms with Crippen LogP contribution in [0.25, 0.3) is 0 Å². The first-order valence-electron chi connectivity index (χ1n) is 5.48. The molecule has 0 spiro atoms. The van der Waals surface area contributed by atoms with Crippen molar-refractivity contribution in [3.63, 3.8) is 0 Å². The molecule has 0 amide bonds. The highest BCUT2D eigenvalue weighted by Crippen LogP contribution is 2.42. The molecule has 9 heteroatoms. The molecule has 0 aliphatic heterocycles. The number of hydrogen-bond donors (Lipinski definition) is 1. The van der Waals surface area contributed by atoms with Gasteiger partial charge in [-0.15, -0.1) is 23.2 Å². The van der Waals surface area contributed by atoms with Gasteiger partial charge in [-0.3, -0.25) is 4.57 Å². The molecule has 18 heavy (non-hydrogen) atoms. The number of methoxy groups -OCH3 is 2. The SMILES string of the molecule is COC(CCOP(N)(=O)N(CCCl)CCCl)OC. The number of nitrogens with two attached hydrogens (primary N) is 1. The van der Waals surface area contributed by atoms with Crippen LogP contribution in [0, 0.1) is 0 Å². The van der Waals surface area contributed by atoms with E-state index in [0.717, 1.165) is 0 Å². The van der Waals surface area contributed by atoms with Gasteiger partial charge in [-0.25, -0.2) is 10.2 Å². The highest BCUT2D eigenvalue weighted by Gasteiger charge is 2.26. The standard InChI is InChI=1S/C9H21Cl2N2O4P/c1-15-9(16-2)3-8-17-18(12,14)13(6-4-10)7-5-11/h9H,3-8H2,1-2H3,(H2,12,14). The fraction of sp³-hybridized carbons (Fsp3) is 1.00. The van der Waals surface area contributed by atoms with Crippen LogP contribution in [0.1, 0.15) is 6.42 Å². The van der Waals surface area contributed by atoms with E-state index in [1.54, 1.807) is 0 Å². The van der Waals surface area contributed by atoms with Gasteiger partial charge in [0.15, 0.2) is 6.29 Å². The lowest BCUT2D eigenvalue weighted by Gasteiger charge is -2.26. The largest absolute Gasteiger partial charge is 0.356 e. The Hall–Kier alpha value is 0.610. The van der Waals surface area contributed by atoms with Crippen LogP contribution < -0.4 is 5.50 Å². The molecule has 0 aliphatic rings. The maximum absolute atomic E-state index is 12.1. The van der Waals surface area contributed by atoms with Crippen LogP contribution >= 0.6 is 30.9 Å². The molecule has 0 aliphatic carbocycles. The van der Waals surface area contributed by atoms with Crippen molar-refractivity contribution >= 4 is 30.9 Å². The Morgan fingerprint density at radius 1 is 1.22 bits per heavy atom. The Kier molecular flexibility index (Phi) is 10.8. The molecule has 6 nitrogen and oxygen atoms in total. The quantitative estimate of drug-likeness (QED) is 0.355. The number of hydrogen-bond acceptors (Lipinski definition) is 4. The zero-order chi connectivity index (χ0) is 14.0. The lowest BCUT2D eigenvalue weighted by atomic mass is 10.4. The van der Waals surface area contributed by atoms with Crippen LogP contribution in [0.5, 0.6) is 0 Å². The molecular formula is C9H21Cl2N2O4P. The van der Waals surface area contributed by atoms with E-state index in [9.17, 15) is 4.57 Å². The third-order valence-corrected chi connectivity index (χ3v) is 4.31. The second kappa shape index (κ2) is 10.4. The highest BCUT2D eigenvalue weighted by molar-refractivity contribution is 7.53. The van der Waals surface area contributed by atoms with Gasteiger partial charge in [-0.1, -0.05) is 0 Å². The summed E-state index contributed by atoms with van der Waals surface area (Å²) < 4.78 is 28.8. The maximum Gasteiger partial charge on any atom is 0.340 e. The average molecular weight is 323 g/mol. The first-order valence-corrected chi connectivity index (χ1v) is 8.19. The first kappa shape index (κ1) is 18.6. The normalized spacial score (nSPS) is 15.3. The summed E-state index contributed by atoms with van der Waals surface area (Å²) in [6, 6.07) is 0. The third kappa shape index (κ3) is 7.26. The Morgan fingerprint density at radius 3 is 2.11 bits per heavy atom. The Morgan fingerprint density at radius 2 is 1.72 bits per heavy atom. The molecule has 0 rings (SSSR count). The molecule has 0 aromatic rings. The summed E-state index contributed by atoms with van der Waals surface area (Å²) in [4.78, 5) is 0. The van der Waals surface area contributed by atoms with Crippen LogP contribution in [-0.2, 0) is 18.6 Å². The predicted octanol–water partition coefficient (Wildman–Crippen LogP) is 1.86. The predicted molar refractivity (Wildman–Crippen MR) is 73.2 cm³/mol. The molecular weight excluding hydrogens is 302 g/mol. The van der Waals surface area contributed by atoms with E-state index in [2.05, 4.69) is 0 Å². The van der Waals surface area contributed by atoms with E-state index >= 15 is 0 Å². The Labute approximate surface area is 118 Å². The number of rotatable bonds is 11. The number of halogens is 2.